The lowest BCUT2D eigenvalue weighted by Gasteiger charge is -2.27. The minimum atomic E-state index is -1.14. The minimum Gasteiger partial charge on any atom is -0.493 e. The molecular formula is C31H37N5O6. The molecule has 0 aliphatic carbocycles. The topological polar surface area (TPSA) is 123 Å². The Labute approximate surface area is 244 Å². The fourth-order valence-electron chi connectivity index (χ4n) is 5.21. The molecule has 1 aromatic carbocycles. The van der Waals surface area contributed by atoms with Crippen molar-refractivity contribution in [2.75, 3.05) is 36.5 Å². The number of pyridine rings is 1. The molecule has 222 valence electrons. The van der Waals surface area contributed by atoms with Gasteiger partial charge in [0.05, 0.1) is 29.1 Å². The normalized spacial score (nSPS) is 14.9. The van der Waals surface area contributed by atoms with Gasteiger partial charge in [-0.3, -0.25) is 14.4 Å². The average molecular weight is 576 g/mol. The van der Waals surface area contributed by atoms with Crippen LogP contribution in [0.15, 0.2) is 56.4 Å². The van der Waals surface area contributed by atoms with E-state index in [1.54, 1.807) is 59.9 Å². The Kier molecular flexibility index (Phi) is 8.22. The second-order valence-electron chi connectivity index (χ2n) is 11.0. The highest BCUT2D eigenvalue weighted by Gasteiger charge is 2.45. The largest absolute Gasteiger partial charge is 0.493 e. The summed E-state index contributed by atoms with van der Waals surface area (Å²) < 4.78 is 18.7. The maximum absolute atomic E-state index is 13.0. The predicted molar refractivity (Wildman–Crippen MR) is 159 cm³/mol. The van der Waals surface area contributed by atoms with E-state index in [4.69, 9.17) is 13.6 Å². The Morgan fingerprint density at radius 2 is 1.88 bits per heavy atom. The van der Waals surface area contributed by atoms with Crippen molar-refractivity contribution in [3.05, 3.63) is 70.5 Å². The molecule has 11 heteroatoms. The third-order valence-corrected chi connectivity index (χ3v) is 7.55. The van der Waals surface area contributed by atoms with Crippen molar-refractivity contribution in [2.45, 2.75) is 53.6 Å². The van der Waals surface area contributed by atoms with E-state index >= 15 is 0 Å². The summed E-state index contributed by atoms with van der Waals surface area (Å²) in [5.41, 5.74) is 1.50. The van der Waals surface area contributed by atoms with E-state index in [-0.39, 0.29) is 17.4 Å². The summed E-state index contributed by atoms with van der Waals surface area (Å²) in [4.78, 5) is 46.4. The summed E-state index contributed by atoms with van der Waals surface area (Å²) in [7, 11) is 1.69. The van der Waals surface area contributed by atoms with Gasteiger partial charge in [0, 0.05) is 45.4 Å². The Morgan fingerprint density at radius 3 is 2.67 bits per heavy atom. The molecule has 4 heterocycles. The number of rotatable bonds is 11. The highest BCUT2D eigenvalue weighted by molar-refractivity contribution is 6.20. The number of hydrogen-bond donors (Lipinski definition) is 1. The number of ether oxygens (including phenoxy) is 1. The molecule has 0 radical (unpaired) electrons. The van der Waals surface area contributed by atoms with Crippen molar-refractivity contribution in [3.8, 4) is 5.75 Å². The van der Waals surface area contributed by atoms with E-state index in [0.717, 1.165) is 12.1 Å². The molecule has 5 rings (SSSR count). The number of furan rings is 1. The molecule has 1 N–H and O–H groups in total. The zero-order valence-electron chi connectivity index (χ0n) is 24.7. The highest BCUT2D eigenvalue weighted by Crippen LogP contribution is 2.40. The van der Waals surface area contributed by atoms with Crippen molar-refractivity contribution in [1.29, 1.82) is 0 Å². The molecule has 42 heavy (non-hydrogen) atoms. The SMILES string of the molecule is CCN1C(=O)C(C)(C)C(=O)N(C)c2cc(OCCCNCc3coc(CCn4ccc5oc(C)cc5c4=O)n3)ccc21. The van der Waals surface area contributed by atoms with Crippen LogP contribution in [0.1, 0.15) is 44.5 Å². The lowest BCUT2D eigenvalue weighted by molar-refractivity contribution is -0.137. The Morgan fingerprint density at radius 1 is 1.07 bits per heavy atom. The summed E-state index contributed by atoms with van der Waals surface area (Å²) in [5, 5.41) is 3.91. The molecule has 0 saturated heterocycles. The number of oxazole rings is 1. The molecule has 1 aliphatic heterocycles. The minimum absolute atomic E-state index is 0.0895. The van der Waals surface area contributed by atoms with Crippen molar-refractivity contribution in [2.24, 2.45) is 5.41 Å². The van der Waals surface area contributed by atoms with Crippen molar-refractivity contribution in [1.82, 2.24) is 14.9 Å². The van der Waals surface area contributed by atoms with Gasteiger partial charge in [0.25, 0.3) is 5.56 Å². The fourth-order valence-corrected chi connectivity index (χ4v) is 5.21. The highest BCUT2D eigenvalue weighted by atomic mass is 16.5. The second-order valence-corrected chi connectivity index (χ2v) is 11.0. The quantitative estimate of drug-likeness (QED) is 0.210. The Hall–Kier alpha value is -4.38. The summed E-state index contributed by atoms with van der Waals surface area (Å²) in [6, 6.07) is 9.04. The van der Waals surface area contributed by atoms with Gasteiger partial charge in [-0.1, -0.05) is 0 Å². The molecule has 1 aliphatic rings. The summed E-state index contributed by atoms with van der Waals surface area (Å²) in [6.07, 6.45) is 4.61. The van der Waals surface area contributed by atoms with E-state index < -0.39 is 5.41 Å². The maximum Gasteiger partial charge on any atom is 0.261 e. The van der Waals surface area contributed by atoms with Gasteiger partial charge in [0.2, 0.25) is 11.8 Å². The molecule has 11 nitrogen and oxygen atoms in total. The number of aryl methyl sites for hydroxylation is 3. The van der Waals surface area contributed by atoms with Crippen LogP contribution in [0.3, 0.4) is 0 Å². The van der Waals surface area contributed by atoms with Crippen LogP contribution < -0.4 is 25.4 Å². The molecule has 0 spiro atoms. The van der Waals surface area contributed by atoms with Gasteiger partial charge >= 0.3 is 0 Å². The first-order valence-corrected chi connectivity index (χ1v) is 14.2. The first kappa shape index (κ1) is 29.1. The van der Waals surface area contributed by atoms with Crippen molar-refractivity contribution < 1.29 is 23.2 Å². The van der Waals surface area contributed by atoms with Crippen LogP contribution >= 0.6 is 0 Å². The van der Waals surface area contributed by atoms with Crippen LogP contribution in [0.25, 0.3) is 11.0 Å². The van der Waals surface area contributed by atoms with E-state index in [1.807, 2.05) is 32.0 Å². The van der Waals surface area contributed by atoms with Crippen LogP contribution in [0, 0.1) is 12.3 Å². The van der Waals surface area contributed by atoms with Gasteiger partial charge in [0.15, 0.2) is 5.89 Å². The molecule has 0 fully saturated rings. The van der Waals surface area contributed by atoms with Crippen LogP contribution in [0.2, 0.25) is 0 Å². The second kappa shape index (κ2) is 11.8. The van der Waals surface area contributed by atoms with E-state index in [0.29, 0.717) is 79.0 Å². The lowest BCUT2D eigenvalue weighted by atomic mass is 9.90. The zero-order valence-corrected chi connectivity index (χ0v) is 24.7. The van der Waals surface area contributed by atoms with Crippen LogP contribution in [-0.2, 0) is 29.1 Å². The van der Waals surface area contributed by atoms with E-state index in [1.165, 1.54) is 0 Å². The number of amides is 2. The maximum atomic E-state index is 13.0. The molecule has 3 aromatic heterocycles. The van der Waals surface area contributed by atoms with Crippen LogP contribution in [0.4, 0.5) is 11.4 Å². The zero-order chi connectivity index (χ0) is 30.0. The number of benzene rings is 1. The van der Waals surface area contributed by atoms with Crippen LogP contribution in [-0.4, -0.2) is 48.1 Å². The van der Waals surface area contributed by atoms with E-state index in [2.05, 4.69) is 10.3 Å². The van der Waals surface area contributed by atoms with Gasteiger partial charge in [0.1, 0.15) is 28.8 Å². The standard InChI is InChI=1S/C31H37N5O6/c1-6-36-24-9-8-22(17-25(24)34(5)29(38)31(3,4)30(36)39)40-15-7-12-32-18-21-19-41-27(33-21)11-14-35-13-10-26-23(28(35)37)16-20(2)42-26/h8-10,13,16-17,19,32H,6-7,11-12,14-15,18H2,1-5H3. The Balaban J connectivity index is 1.08. The first-order chi connectivity index (χ1) is 20.1. The monoisotopic (exact) mass is 575 g/mol. The molecule has 4 aromatic rings. The summed E-state index contributed by atoms with van der Waals surface area (Å²) in [6.45, 7) is 9.71. The van der Waals surface area contributed by atoms with Crippen molar-refractivity contribution in [3.63, 3.8) is 0 Å². The molecule has 0 bridgehead atoms. The number of hydrogen-bond acceptors (Lipinski definition) is 8. The van der Waals surface area contributed by atoms with Gasteiger partial charge in [-0.25, -0.2) is 4.98 Å². The van der Waals surface area contributed by atoms with Gasteiger partial charge in [-0.15, -0.1) is 0 Å². The van der Waals surface area contributed by atoms with E-state index in [9.17, 15) is 14.4 Å². The Bertz CT molecular complexity index is 1670. The number of nitrogens with zero attached hydrogens (tertiary/aromatic N) is 4. The van der Waals surface area contributed by atoms with Gasteiger partial charge in [-0.05, 0) is 64.9 Å². The number of nitrogens with one attached hydrogen (secondary N) is 1. The number of anilines is 2. The summed E-state index contributed by atoms with van der Waals surface area (Å²) >= 11 is 0. The summed E-state index contributed by atoms with van der Waals surface area (Å²) in [5.74, 6) is 1.46. The third kappa shape index (κ3) is 5.69. The molecule has 2 amide bonds. The molecule has 0 atom stereocenters. The smallest absolute Gasteiger partial charge is 0.261 e. The van der Waals surface area contributed by atoms with Gasteiger partial charge in [-0.2, -0.15) is 0 Å². The van der Waals surface area contributed by atoms with Crippen LogP contribution in [0.5, 0.6) is 5.75 Å². The lowest BCUT2D eigenvalue weighted by Crippen LogP contribution is -2.47. The van der Waals surface area contributed by atoms with Gasteiger partial charge < -0.3 is 33.3 Å². The molecule has 0 saturated carbocycles. The number of aromatic nitrogens is 2. The first-order valence-electron chi connectivity index (χ1n) is 14.2. The van der Waals surface area contributed by atoms with Crippen molar-refractivity contribution >= 4 is 34.2 Å². The predicted octanol–water partition coefficient (Wildman–Crippen LogP) is 4.05. The number of carbonyl (C=O) groups is 2. The number of fused-ring (bicyclic) bond motifs is 2. The third-order valence-electron chi connectivity index (χ3n) is 7.55. The average Bonchev–Trinajstić information content (AvgIpc) is 3.59. The molecule has 0 unspecified atom stereocenters. The fraction of sp³-hybridized carbons (Fsp3) is 0.419. The molecular weight excluding hydrogens is 538 g/mol. The number of carbonyl (C=O) groups excluding carboxylic acids is 2.